The van der Waals surface area contributed by atoms with E-state index in [-0.39, 0.29) is 5.91 Å². The fourth-order valence-electron chi connectivity index (χ4n) is 2.19. The Bertz CT molecular complexity index is 449. The predicted molar refractivity (Wildman–Crippen MR) is 75.4 cm³/mol. The lowest BCUT2D eigenvalue weighted by Gasteiger charge is -2.37. The summed E-state index contributed by atoms with van der Waals surface area (Å²) in [6, 6.07) is 0. The maximum Gasteiger partial charge on any atom is 0.253 e. The average molecular weight is 283 g/mol. The van der Waals surface area contributed by atoms with Gasteiger partial charge in [0, 0.05) is 37.1 Å². The second kappa shape index (κ2) is 5.98. The summed E-state index contributed by atoms with van der Waals surface area (Å²) in [4.78, 5) is 19.8. The second-order valence-corrected chi connectivity index (χ2v) is 6.51. The summed E-state index contributed by atoms with van der Waals surface area (Å²) in [6.07, 6.45) is 2.64. The number of likely N-dealkylation sites (N-methyl/N-ethyl adjacent to an activating group) is 1. The van der Waals surface area contributed by atoms with E-state index in [9.17, 15) is 4.79 Å². The van der Waals surface area contributed by atoms with Gasteiger partial charge in [-0.2, -0.15) is 0 Å². The van der Waals surface area contributed by atoms with Gasteiger partial charge < -0.3 is 15.0 Å². The highest BCUT2D eigenvalue weighted by Crippen LogP contribution is 2.17. The first-order valence-electron chi connectivity index (χ1n) is 6.52. The molecule has 1 aliphatic heterocycles. The molecule has 1 aliphatic rings. The molecule has 0 aliphatic carbocycles. The molecule has 1 fully saturated rings. The van der Waals surface area contributed by atoms with Crippen molar-refractivity contribution in [1.82, 2.24) is 15.2 Å². The van der Waals surface area contributed by atoms with Gasteiger partial charge in [0.15, 0.2) is 5.60 Å². The first-order chi connectivity index (χ1) is 8.99. The van der Waals surface area contributed by atoms with Crippen LogP contribution in [0.3, 0.4) is 0 Å². The smallest absolute Gasteiger partial charge is 0.253 e. The Morgan fingerprint density at radius 1 is 1.68 bits per heavy atom. The van der Waals surface area contributed by atoms with Crippen molar-refractivity contribution < 1.29 is 9.53 Å². The molecule has 1 aromatic rings. The first kappa shape index (κ1) is 14.4. The molecule has 19 heavy (non-hydrogen) atoms. The molecular formula is C13H21N3O2S. The Labute approximate surface area is 118 Å². The van der Waals surface area contributed by atoms with Gasteiger partial charge in [-0.3, -0.25) is 4.79 Å². The molecule has 0 bridgehead atoms. The van der Waals surface area contributed by atoms with Crippen molar-refractivity contribution in [3.8, 4) is 0 Å². The van der Waals surface area contributed by atoms with E-state index in [0.717, 1.165) is 18.0 Å². The molecule has 0 radical (unpaired) electrons. The van der Waals surface area contributed by atoms with Crippen LogP contribution in [0.25, 0.3) is 0 Å². The van der Waals surface area contributed by atoms with Gasteiger partial charge in [0.1, 0.15) is 0 Å². The normalized spacial score (nSPS) is 24.4. The highest BCUT2D eigenvalue weighted by molar-refractivity contribution is 7.11. The van der Waals surface area contributed by atoms with Crippen molar-refractivity contribution in [3.63, 3.8) is 0 Å². The number of morpholine rings is 1. The maximum atomic E-state index is 12.2. The lowest BCUT2D eigenvalue weighted by molar-refractivity contribution is -0.155. The van der Waals surface area contributed by atoms with Gasteiger partial charge in [0.2, 0.25) is 0 Å². The number of aryl methyl sites for hydroxylation is 1. The monoisotopic (exact) mass is 283 g/mol. The summed E-state index contributed by atoms with van der Waals surface area (Å²) < 4.78 is 5.64. The molecule has 0 unspecified atom stereocenters. The van der Waals surface area contributed by atoms with Gasteiger partial charge in [-0.15, -0.1) is 11.3 Å². The topological polar surface area (TPSA) is 54.5 Å². The summed E-state index contributed by atoms with van der Waals surface area (Å²) in [6.45, 7) is 6.61. The third-order valence-electron chi connectivity index (χ3n) is 3.24. The third-order valence-corrected chi connectivity index (χ3v) is 4.21. The van der Waals surface area contributed by atoms with Gasteiger partial charge in [-0.05, 0) is 20.9 Å². The minimum Gasteiger partial charge on any atom is -0.363 e. The number of rotatable bonds is 4. The molecule has 5 nitrogen and oxygen atoms in total. The molecule has 2 heterocycles. The van der Waals surface area contributed by atoms with Crippen molar-refractivity contribution in [1.29, 1.82) is 0 Å². The molecule has 0 aromatic carbocycles. The summed E-state index contributed by atoms with van der Waals surface area (Å²) in [7, 11) is 2.01. The molecular weight excluding hydrogens is 262 g/mol. The lowest BCUT2D eigenvalue weighted by atomic mass is 10.0. The van der Waals surface area contributed by atoms with E-state index in [1.54, 1.807) is 11.3 Å². The molecule has 1 saturated heterocycles. The molecule has 1 N–H and O–H groups in total. The van der Waals surface area contributed by atoms with Crippen molar-refractivity contribution in [2.24, 2.45) is 0 Å². The van der Waals surface area contributed by atoms with Crippen molar-refractivity contribution in [2.75, 3.05) is 33.3 Å². The number of nitrogens with one attached hydrogen (secondary N) is 1. The van der Waals surface area contributed by atoms with E-state index in [1.807, 2.05) is 27.1 Å². The van der Waals surface area contributed by atoms with E-state index in [2.05, 4.69) is 15.2 Å². The van der Waals surface area contributed by atoms with E-state index < -0.39 is 5.60 Å². The number of hydrogen-bond acceptors (Lipinski definition) is 5. The summed E-state index contributed by atoms with van der Waals surface area (Å²) in [5.41, 5.74) is -0.730. The Kier molecular flexibility index (Phi) is 4.54. The van der Waals surface area contributed by atoms with Crippen LogP contribution in [-0.4, -0.2) is 54.7 Å². The number of carbonyl (C=O) groups excluding carboxylic acids is 1. The van der Waals surface area contributed by atoms with Gasteiger partial charge in [0.25, 0.3) is 5.91 Å². The van der Waals surface area contributed by atoms with Crippen LogP contribution in [-0.2, 0) is 16.0 Å². The van der Waals surface area contributed by atoms with Crippen LogP contribution in [0.2, 0.25) is 0 Å². The van der Waals surface area contributed by atoms with Crippen molar-refractivity contribution in [3.05, 3.63) is 16.1 Å². The molecule has 1 amide bonds. The second-order valence-electron chi connectivity index (χ2n) is 5.19. The lowest BCUT2D eigenvalue weighted by Crippen LogP contribution is -2.57. The van der Waals surface area contributed by atoms with E-state index in [0.29, 0.717) is 19.7 Å². The Balaban J connectivity index is 1.80. The Hall–Kier alpha value is -0.980. The van der Waals surface area contributed by atoms with Gasteiger partial charge in [0.05, 0.1) is 11.6 Å². The van der Waals surface area contributed by atoms with Crippen LogP contribution in [0.5, 0.6) is 0 Å². The highest BCUT2D eigenvalue weighted by Gasteiger charge is 2.37. The molecule has 0 saturated carbocycles. The number of carbonyl (C=O) groups is 1. The number of aromatic nitrogens is 1. The molecule has 1 aromatic heterocycles. The van der Waals surface area contributed by atoms with E-state index in [1.165, 1.54) is 4.88 Å². The fourth-order valence-corrected chi connectivity index (χ4v) is 2.98. The quantitative estimate of drug-likeness (QED) is 0.889. The van der Waals surface area contributed by atoms with Crippen LogP contribution in [0, 0.1) is 6.92 Å². The third kappa shape index (κ3) is 3.75. The van der Waals surface area contributed by atoms with E-state index in [4.69, 9.17) is 4.74 Å². The van der Waals surface area contributed by atoms with E-state index >= 15 is 0 Å². The zero-order valence-corrected chi connectivity index (χ0v) is 12.5. The van der Waals surface area contributed by atoms with Crippen molar-refractivity contribution in [2.45, 2.75) is 25.9 Å². The number of nitrogens with zero attached hydrogens (tertiary/aromatic N) is 2. The molecule has 106 valence electrons. The standard InChI is InChI=1S/C13H21N3O2S/c1-10-8-15-11(19-10)4-5-14-12(17)13(2)9-16(3)6-7-18-13/h8H,4-7,9H2,1-3H3,(H,14,17)/t13-/m1/s1. The molecule has 0 spiro atoms. The molecule has 6 heteroatoms. The SMILES string of the molecule is Cc1cnc(CCNC(=O)[C@@]2(C)CN(C)CCO2)s1. The number of hydrogen-bond donors (Lipinski definition) is 1. The average Bonchev–Trinajstić information content (AvgIpc) is 2.74. The van der Waals surface area contributed by atoms with Gasteiger partial charge in [-0.25, -0.2) is 4.98 Å². The number of thiazole rings is 1. The first-order valence-corrected chi connectivity index (χ1v) is 7.33. The fraction of sp³-hybridized carbons (Fsp3) is 0.692. The van der Waals surface area contributed by atoms with Crippen LogP contribution in [0.4, 0.5) is 0 Å². The largest absolute Gasteiger partial charge is 0.363 e. The van der Waals surface area contributed by atoms with Gasteiger partial charge in [-0.1, -0.05) is 0 Å². The Morgan fingerprint density at radius 2 is 2.47 bits per heavy atom. The predicted octanol–water partition coefficient (Wildman–Crippen LogP) is 0.831. The van der Waals surface area contributed by atoms with Crippen LogP contribution in [0.1, 0.15) is 16.8 Å². The number of amides is 1. The molecule has 1 atom stereocenters. The van der Waals surface area contributed by atoms with Crippen LogP contribution in [0.15, 0.2) is 6.20 Å². The summed E-state index contributed by atoms with van der Waals surface area (Å²) in [5.74, 6) is -0.0349. The molecule has 2 rings (SSSR count). The summed E-state index contributed by atoms with van der Waals surface area (Å²) >= 11 is 1.67. The zero-order valence-electron chi connectivity index (χ0n) is 11.7. The maximum absolute atomic E-state index is 12.2. The van der Waals surface area contributed by atoms with Gasteiger partial charge >= 0.3 is 0 Å². The summed E-state index contributed by atoms with van der Waals surface area (Å²) in [5, 5.41) is 4.01. The number of ether oxygens (including phenoxy) is 1. The Morgan fingerprint density at radius 3 is 3.11 bits per heavy atom. The highest BCUT2D eigenvalue weighted by atomic mass is 32.1. The van der Waals surface area contributed by atoms with Crippen LogP contribution < -0.4 is 5.32 Å². The van der Waals surface area contributed by atoms with Crippen molar-refractivity contribution >= 4 is 17.2 Å². The minimum atomic E-state index is -0.730. The minimum absolute atomic E-state index is 0.0349. The van der Waals surface area contributed by atoms with Crippen LogP contribution >= 0.6 is 11.3 Å². The zero-order chi connectivity index (χ0) is 13.9.